The second-order valence-corrected chi connectivity index (χ2v) is 7.73. The van der Waals surface area contributed by atoms with E-state index in [2.05, 4.69) is 17.3 Å². The highest BCUT2D eigenvalue weighted by atomic mass is 19.1. The molecule has 2 aromatic rings. The van der Waals surface area contributed by atoms with Crippen LogP contribution >= 0.6 is 0 Å². The minimum Gasteiger partial charge on any atom is -0.338 e. The fraction of sp³-hybridized carbons (Fsp3) is 0.429. The van der Waals surface area contributed by atoms with Gasteiger partial charge in [0.25, 0.3) is 5.91 Å². The number of carbonyl (C=O) groups excluding carboxylic acids is 1. The standard InChI is InChI=1S/C21H23F2N3O/c1-25-13-17(19(24-25)16-7-6-15(22)12-18(16)23)20(27)26-11-5-10-21(14-26)8-3-2-4-9-21/h2-3,6-7,12-13H,4-5,8-11,14H2,1H3. The zero-order valence-corrected chi connectivity index (χ0v) is 15.4. The van der Waals surface area contributed by atoms with Crippen LogP contribution in [-0.2, 0) is 7.05 Å². The molecule has 27 heavy (non-hydrogen) atoms. The maximum absolute atomic E-state index is 14.3. The first-order valence-corrected chi connectivity index (χ1v) is 9.41. The number of hydrogen-bond acceptors (Lipinski definition) is 2. The lowest BCUT2D eigenvalue weighted by Gasteiger charge is -2.43. The van der Waals surface area contributed by atoms with Gasteiger partial charge in [-0.15, -0.1) is 0 Å². The normalized spacial score (nSPS) is 22.4. The Bertz CT molecular complexity index is 905. The zero-order valence-electron chi connectivity index (χ0n) is 15.4. The van der Waals surface area contributed by atoms with Crippen molar-refractivity contribution in [1.29, 1.82) is 0 Å². The molecule has 0 bridgehead atoms. The lowest BCUT2D eigenvalue weighted by Crippen LogP contribution is -2.46. The molecule has 6 heteroatoms. The molecule has 0 saturated carbocycles. The molecule has 1 saturated heterocycles. The summed E-state index contributed by atoms with van der Waals surface area (Å²) in [5, 5.41) is 4.29. The van der Waals surface area contributed by atoms with Crippen molar-refractivity contribution in [3.8, 4) is 11.3 Å². The molecule has 1 aliphatic carbocycles. The maximum Gasteiger partial charge on any atom is 0.257 e. The summed E-state index contributed by atoms with van der Waals surface area (Å²) >= 11 is 0. The predicted molar refractivity (Wildman–Crippen MR) is 99.1 cm³/mol. The van der Waals surface area contributed by atoms with Crippen molar-refractivity contribution in [1.82, 2.24) is 14.7 Å². The van der Waals surface area contributed by atoms with Gasteiger partial charge in [-0.05, 0) is 49.7 Å². The summed E-state index contributed by atoms with van der Waals surface area (Å²) in [6.07, 6.45) is 11.3. The molecule has 0 N–H and O–H groups in total. The van der Waals surface area contributed by atoms with E-state index in [1.807, 2.05) is 4.90 Å². The van der Waals surface area contributed by atoms with Crippen molar-refractivity contribution >= 4 is 5.91 Å². The van der Waals surface area contributed by atoms with Crippen LogP contribution in [0.5, 0.6) is 0 Å². The molecule has 142 valence electrons. The van der Waals surface area contributed by atoms with Gasteiger partial charge in [0.2, 0.25) is 0 Å². The number of rotatable bonds is 2. The molecule has 4 nitrogen and oxygen atoms in total. The molecule has 1 aromatic carbocycles. The largest absolute Gasteiger partial charge is 0.338 e. The Morgan fingerprint density at radius 3 is 2.81 bits per heavy atom. The van der Waals surface area contributed by atoms with Gasteiger partial charge in [0.1, 0.15) is 17.3 Å². The quantitative estimate of drug-likeness (QED) is 0.737. The molecule has 4 rings (SSSR count). The summed E-state index contributed by atoms with van der Waals surface area (Å²) in [7, 11) is 1.70. The van der Waals surface area contributed by atoms with Crippen molar-refractivity contribution in [2.45, 2.75) is 32.1 Å². The number of aryl methyl sites for hydroxylation is 1. The molecule has 2 heterocycles. The topological polar surface area (TPSA) is 38.1 Å². The molecule has 0 radical (unpaired) electrons. The second kappa shape index (κ2) is 6.91. The van der Waals surface area contributed by atoms with Gasteiger partial charge in [0, 0.05) is 38.0 Å². The van der Waals surface area contributed by atoms with Crippen LogP contribution in [-0.4, -0.2) is 33.7 Å². The van der Waals surface area contributed by atoms with Crippen LogP contribution in [0.2, 0.25) is 0 Å². The molecule has 1 aliphatic heterocycles. The van der Waals surface area contributed by atoms with Gasteiger partial charge in [-0.2, -0.15) is 5.10 Å². The van der Waals surface area contributed by atoms with Gasteiger partial charge in [-0.3, -0.25) is 9.48 Å². The van der Waals surface area contributed by atoms with Crippen LogP contribution in [0, 0.1) is 17.0 Å². The average Bonchev–Trinajstić information content (AvgIpc) is 3.03. The number of carbonyl (C=O) groups is 1. The van der Waals surface area contributed by atoms with Crippen LogP contribution in [0.15, 0.2) is 36.5 Å². The first-order valence-electron chi connectivity index (χ1n) is 9.41. The first kappa shape index (κ1) is 17.9. The summed E-state index contributed by atoms with van der Waals surface area (Å²) in [5.74, 6) is -1.49. The third kappa shape index (κ3) is 3.40. The number of benzene rings is 1. The molecule has 1 unspecified atom stereocenters. The minimum absolute atomic E-state index is 0.129. The highest BCUT2D eigenvalue weighted by molar-refractivity contribution is 6.00. The molecule has 2 aliphatic rings. The summed E-state index contributed by atoms with van der Waals surface area (Å²) < 4.78 is 29.1. The second-order valence-electron chi connectivity index (χ2n) is 7.73. The number of halogens is 2. The fourth-order valence-electron chi connectivity index (χ4n) is 4.39. The third-order valence-electron chi connectivity index (χ3n) is 5.75. The smallest absolute Gasteiger partial charge is 0.257 e. The molecule has 1 amide bonds. The van der Waals surface area contributed by atoms with Gasteiger partial charge in [-0.25, -0.2) is 8.78 Å². The van der Waals surface area contributed by atoms with Gasteiger partial charge in [0.05, 0.1) is 5.56 Å². The maximum atomic E-state index is 14.3. The summed E-state index contributed by atoms with van der Waals surface area (Å²) in [4.78, 5) is 15.1. The Kier molecular flexibility index (Phi) is 4.58. The van der Waals surface area contributed by atoms with E-state index < -0.39 is 11.6 Å². The number of amides is 1. The van der Waals surface area contributed by atoms with Crippen LogP contribution in [0.25, 0.3) is 11.3 Å². The molecule has 1 atom stereocenters. The fourth-order valence-corrected chi connectivity index (χ4v) is 4.39. The van der Waals surface area contributed by atoms with E-state index >= 15 is 0 Å². The van der Waals surface area contributed by atoms with Crippen LogP contribution in [0.3, 0.4) is 0 Å². The highest BCUT2D eigenvalue weighted by Crippen LogP contribution is 2.41. The Morgan fingerprint density at radius 2 is 2.07 bits per heavy atom. The van der Waals surface area contributed by atoms with Crippen LogP contribution in [0.1, 0.15) is 42.5 Å². The lowest BCUT2D eigenvalue weighted by atomic mass is 9.71. The van der Waals surface area contributed by atoms with Crippen LogP contribution < -0.4 is 0 Å². The van der Waals surface area contributed by atoms with Gasteiger partial charge in [0.15, 0.2) is 0 Å². The van der Waals surface area contributed by atoms with E-state index in [1.54, 1.807) is 13.2 Å². The molecule has 1 aromatic heterocycles. The monoisotopic (exact) mass is 371 g/mol. The van der Waals surface area contributed by atoms with E-state index in [0.29, 0.717) is 12.1 Å². The van der Waals surface area contributed by atoms with Crippen molar-refractivity contribution in [3.05, 3.63) is 53.7 Å². The van der Waals surface area contributed by atoms with E-state index in [0.717, 1.165) is 44.7 Å². The highest BCUT2D eigenvalue weighted by Gasteiger charge is 2.37. The number of piperidine rings is 1. The third-order valence-corrected chi connectivity index (χ3v) is 5.75. The number of hydrogen-bond donors (Lipinski definition) is 0. The Hall–Kier alpha value is -2.50. The van der Waals surface area contributed by atoms with Gasteiger partial charge >= 0.3 is 0 Å². The Morgan fingerprint density at radius 1 is 1.22 bits per heavy atom. The number of likely N-dealkylation sites (tertiary alicyclic amines) is 1. The van der Waals surface area contributed by atoms with Gasteiger partial charge in [-0.1, -0.05) is 12.2 Å². The number of aromatic nitrogens is 2. The van der Waals surface area contributed by atoms with Crippen molar-refractivity contribution in [2.75, 3.05) is 13.1 Å². The first-order chi connectivity index (χ1) is 13.0. The molecular formula is C21H23F2N3O. The van der Waals surface area contributed by atoms with Crippen LogP contribution in [0.4, 0.5) is 8.78 Å². The molecular weight excluding hydrogens is 348 g/mol. The number of nitrogens with zero attached hydrogens (tertiary/aromatic N) is 3. The van der Waals surface area contributed by atoms with Crippen molar-refractivity contribution in [2.24, 2.45) is 12.5 Å². The van der Waals surface area contributed by atoms with Crippen molar-refractivity contribution < 1.29 is 13.6 Å². The Labute approximate surface area is 157 Å². The number of allylic oxidation sites excluding steroid dienone is 2. The lowest BCUT2D eigenvalue weighted by molar-refractivity contribution is 0.0485. The summed E-state index contributed by atoms with van der Waals surface area (Å²) in [6.45, 7) is 1.42. The molecule has 1 fully saturated rings. The summed E-state index contributed by atoms with van der Waals surface area (Å²) in [5.41, 5.74) is 0.939. The zero-order chi connectivity index (χ0) is 19.0. The van der Waals surface area contributed by atoms with E-state index in [1.165, 1.54) is 16.8 Å². The Balaban J connectivity index is 1.65. The summed E-state index contributed by atoms with van der Waals surface area (Å²) in [6, 6.07) is 3.35. The minimum atomic E-state index is -0.713. The van der Waals surface area contributed by atoms with E-state index in [9.17, 15) is 13.6 Å². The van der Waals surface area contributed by atoms with Gasteiger partial charge < -0.3 is 4.90 Å². The SMILES string of the molecule is Cn1cc(C(=O)N2CCCC3(CC=CCC3)C2)c(-c2ccc(F)cc2F)n1. The molecule has 1 spiro atoms. The predicted octanol–water partition coefficient (Wildman–Crippen LogP) is 4.33. The average molecular weight is 371 g/mol. The van der Waals surface area contributed by atoms with E-state index in [-0.39, 0.29) is 22.6 Å². The van der Waals surface area contributed by atoms with E-state index in [4.69, 9.17) is 0 Å². The van der Waals surface area contributed by atoms with Crippen molar-refractivity contribution in [3.63, 3.8) is 0 Å².